The summed E-state index contributed by atoms with van der Waals surface area (Å²) in [6, 6.07) is 3.80. The van der Waals surface area contributed by atoms with E-state index in [4.69, 9.17) is 4.74 Å². The lowest BCUT2D eigenvalue weighted by Gasteiger charge is -2.00. The fraction of sp³-hybridized carbons (Fsp3) is 0.308. The fourth-order valence-corrected chi connectivity index (χ4v) is 2.87. The third-order valence-electron chi connectivity index (χ3n) is 2.57. The van der Waals surface area contributed by atoms with Crippen molar-refractivity contribution in [3.8, 4) is 10.6 Å². The third kappa shape index (κ3) is 2.97. The van der Waals surface area contributed by atoms with Crippen molar-refractivity contribution < 1.29 is 13.5 Å². The molecule has 0 aliphatic heterocycles. The SMILES string of the molecule is CNCc1sc(-c2c(F)cccc2F)nc1COC. The molecular formula is C13H14F2N2OS. The Labute approximate surface area is 114 Å². The Morgan fingerprint density at radius 1 is 1.32 bits per heavy atom. The number of nitrogens with zero attached hydrogens (tertiary/aromatic N) is 1. The van der Waals surface area contributed by atoms with Crippen LogP contribution in [0.5, 0.6) is 0 Å². The van der Waals surface area contributed by atoms with Gasteiger partial charge in [-0.2, -0.15) is 0 Å². The van der Waals surface area contributed by atoms with Crippen LogP contribution in [0, 0.1) is 11.6 Å². The number of rotatable bonds is 5. The summed E-state index contributed by atoms with van der Waals surface area (Å²) in [5.41, 5.74) is 0.631. The molecule has 1 aromatic heterocycles. The van der Waals surface area contributed by atoms with Gasteiger partial charge in [0.05, 0.1) is 17.9 Å². The van der Waals surface area contributed by atoms with Crippen LogP contribution in [0.1, 0.15) is 10.6 Å². The first-order valence-corrected chi connectivity index (χ1v) is 6.55. The number of hydrogen-bond donors (Lipinski definition) is 1. The van der Waals surface area contributed by atoms with E-state index >= 15 is 0 Å². The summed E-state index contributed by atoms with van der Waals surface area (Å²) in [5, 5.41) is 3.34. The van der Waals surface area contributed by atoms with Crippen LogP contribution < -0.4 is 5.32 Å². The fourth-order valence-electron chi connectivity index (χ4n) is 1.74. The van der Waals surface area contributed by atoms with Crippen molar-refractivity contribution in [3.05, 3.63) is 40.4 Å². The number of aromatic nitrogens is 1. The molecule has 0 atom stereocenters. The molecule has 0 amide bonds. The number of thiazole rings is 1. The minimum atomic E-state index is -0.603. The van der Waals surface area contributed by atoms with Crippen LogP contribution in [0.4, 0.5) is 8.78 Å². The monoisotopic (exact) mass is 284 g/mol. The van der Waals surface area contributed by atoms with Gasteiger partial charge in [0.25, 0.3) is 0 Å². The summed E-state index contributed by atoms with van der Waals surface area (Å²) in [6.45, 7) is 0.913. The van der Waals surface area contributed by atoms with E-state index in [1.165, 1.54) is 29.5 Å². The molecule has 1 heterocycles. The van der Waals surface area contributed by atoms with Crippen LogP contribution >= 0.6 is 11.3 Å². The Morgan fingerprint density at radius 3 is 2.58 bits per heavy atom. The van der Waals surface area contributed by atoms with E-state index in [0.717, 1.165) is 4.88 Å². The second kappa shape index (κ2) is 6.18. The van der Waals surface area contributed by atoms with Crippen LogP contribution in [0.15, 0.2) is 18.2 Å². The minimum absolute atomic E-state index is 0.0767. The maximum absolute atomic E-state index is 13.7. The molecule has 2 rings (SSSR count). The molecule has 0 spiro atoms. The summed E-state index contributed by atoms with van der Waals surface area (Å²) in [5.74, 6) is -1.21. The van der Waals surface area contributed by atoms with Gasteiger partial charge in [-0.1, -0.05) is 6.07 Å². The highest BCUT2D eigenvalue weighted by Crippen LogP contribution is 2.32. The summed E-state index contributed by atoms with van der Waals surface area (Å²) in [6.07, 6.45) is 0. The van der Waals surface area contributed by atoms with Crippen molar-refractivity contribution in [2.75, 3.05) is 14.2 Å². The number of halogens is 2. The van der Waals surface area contributed by atoms with Gasteiger partial charge in [0.15, 0.2) is 0 Å². The van der Waals surface area contributed by atoms with Gasteiger partial charge in [0.2, 0.25) is 0 Å². The van der Waals surface area contributed by atoms with Gasteiger partial charge in [-0.3, -0.25) is 0 Å². The number of ether oxygens (including phenoxy) is 1. The van der Waals surface area contributed by atoms with Crippen LogP contribution in [-0.2, 0) is 17.9 Å². The van der Waals surface area contributed by atoms with Crippen LogP contribution in [0.25, 0.3) is 10.6 Å². The van der Waals surface area contributed by atoms with E-state index in [0.29, 0.717) is 23.9 Å². The Balaban J connectivity index is 2.48. The van der Waals surface area contributed by atoms with E-state index in [1.54, 1.807) is 14.2 Å². The van der Waals surface area contributed by atoms with Crippen molar-refractivity contribution in [2.45, 2.75) is 13.2 Å². The molecule has 19 heavy (non-hydrogen) atoms. The first-order valence-electron chi connectivity index (χ1n) is 5.74. The summed E-state index contributed by atoms with van der Waals surface area (Å²) in [4.78, 5) is 5.20. The molecule has 0 saturated carbocycles. The molecule has 0 unspecified atom stereocenters. The van der Waals surface area contributed by atoms with E-state index < -0.39 is 11.6 Å². The van der Waals surface area contributed by atoms with Gasteiger partial charge >= 0.3 is 0 Å². The average molecular weight is 284 g/mol. The second-order valence-electron chi connectivity index (χ2n) is 3.95. The molecule has 0 aliphatic rings. The zero-order valence-electron chi connectivity index (χ0n) is 10.7. The molecule has 2 aromatic rings. The molecular weight excluding hydrogens is 270 g/mol. The van der Waals surface area contributed by atoms with Crippen LogP contribution in [0.2, 0.25) is 0 Å². The van der Waals surface area contributed by atoms with Gasteiger partial charge < -0.3 is 10.1 Å². The molecule has 102 valence electrons. The first-order chi connectivity index (χ1) is 9.17. The standard InChI is InChI=1S/C13H14F2N2OS/c1-16-6-11-10(7-18-2)17-13(19-11)12-8(14)4-3-5-9(12)15/h3-5,16H,6-7H2,1-2H3. The van der Waals surface area contributed by atoms with E-state index in [1.807, 2.05) is 0 Å². The normalized spacial score (nSPS) is 10.9. The number of benzene rings is 1. The van der Waals surface area contributed by atoms with Crippen molar-refractivity contribution in [3.63, 3.8) is 0 Å². The Kier molecular flexibility index (Phi) is 4.57. The molecule has 0 fully saturated rings. The van der Waals surface area contributed by atoms with Crippen molar-refractivity contribution in [1.29, 1.82) is 0 Å². The van der Waals surface area contributed by atoms with E-state index in [2.05, 4.69) is 10.3 Å². The lowest BCUT2D eigenvalue weighted by Crippen LogP contribution is -2.06. The minimum Gasteiger partial charge on any atom is -0.378 e. The highest BCUT2D eigenvalue weighted by molar-refractivity contribution is 7.15. The molecule has 6 heteroatoms. The van der Waals surface area contributed by atoms with Gasteiger partial charge in [0.1, 0.15) is 16.6 Å². The van der Waals surface area contributed by atoms with Crippen molar-refractivity contribution in [1.82, 2.24) is 10.3 Å². The van der Waals surface area contributed by atoms with Gasteiger partial charge in [0, 0.05) is 18.5 Å². The summed E-state index contributed by atoms with van der Waals surface area (Å²) in [7, 11) is 3.37. The average Bonchev–Trinajstić information content (AvgIpc) is 2.73. The van der Waals surface area contributed by atoms with Gasteiger partial charge in [-0.15, -0.1) is 11.3 Å². The molecule has 0 aliphatic carbocycles. The number of hydrogen-bond acceptors (Lipinski definition) is 4. The predicted octanol–water partition coefficient (Wildman–Crippen LogP) is 2.95. The van der Waals surface area contributed by atoms with Gasteiger partial charge in [-0.25, -0.2) is 13.8 Å². The molecule has 0 bridgehead atoms. The second-order valence-corrected chi connectivity index (χ2v) is 5.03. The highest BCUT2D eigenvalue weighted by atomic mass is 32.1. The lowest BCUT2D eigenvalue weighted by atomic mass is 10.2. The van der Waals surface area contributed by atoms with Crippen molar-refractivity contribution in [2.24, 2.45) is 0 Å². The van der Waals surface area contributed by atoms with E-state index in [-0.39, 0.29) is 5.56 Å². The number of methoxy groups -OCH3 is 1. The highest BCUT2D eigenvalue weighted by Gasteiger charge is 2.18. The molecule has 0 saturated heterocycles. The van der Waals surface area contributed by atoms with Gasteiger partial charge in [-0.05, 0) is 19.2 Å². The van der Waals surface area contributed by atoms with Crippen LogP contribution in [0.3, 0.4) is 0 Å². The Hall–Kier alpha value is -1.37. The van der Waals surface area contributed by atoms with E-state index in [9.17, 15) is 8.78 Å². The quantitative estimate of drug-likeness (QED) is 0.916. The van der Waals surface area contributed by atoms with Crippen LogP contribution in [-0.4, -0.2) is 19.1 Å². The lowest BCUT2D eigenvalue weighted by molar-refractivity contribution is 0.181. The summed E-state index contributed by atoms with van der Waals surface area (Å²) < 4.78 is 32.5. The molecule has 1 N–H and O–H groups in total. The predicted molar refractivity (Wildman–Crippen MR) is 70.9 cm³/mol. The first kappa shape index (κ1) is 14.0. The summed E-state index contributed by atoms with van der Waals surface area (Å²) >= 11 is 1.27. The zero-order valence-corrected chi connectivity index (χ0v) is 11.5. The zero-order chi connectivity index (χ0) is 13.8. The maximum atomic E-state index is 13.7. The third-order valence-corrected chi connectivity index (χ3v) is 3.69. The molecule has 0 radical (unpaired) electrons. The van der Waals surface area contributed by atoms with Crippen molar-refractivity contribution >= 4 is 11.3 Å². The Morgan fingerprint density at radius 2 is 2.00 bits per heavy atom. The topological polar surface area (TPSA) is 34.2 Å². The molecule has 3 nitrogen and oxygen atoms in total. The molecule has 1 aromatic carbocycles. The Bertz CT molecular complexity index is 528. The maximum Gasteiger partial charge on any atom is 0.136 e. The smallest absolute Gasteiger partial charge is 0.136 e. The largest absolute Gasteiger partial charge is 0.378 e. The number of nitrogens with one attached hydrogen (secondary N) is 1.